The predicted molar refractivity (Wildman–Crippen MR) is 87.0 cm³/mol. The van der Waals surface area contributed by atoms with Crippen LogP contribution < -0.4 is 10.6 Å². The van der Waals surface area contributed by atoms with Gasteiger partial charge in [0.05, 0.1) is 0 Å². The SMILES string of the molecule is CCCN(C(=O)c1cccc(Br)c1)c1ccc(N)cc1. The third-order valence-corrected chi connectivity index (χ3v) is 3.46. The van der Waals surface area contributed by atoms with Crippen molar-refractivity contribution in [2.24, 2.45) is 0 Å². The van der Waals surface area contributed by atoms with Gasteiger partial charge in [-0.2, -0.15) is 0 Å². The van der Waals surface area contributed by atoms with E-state index in [4.69, 9.17) is 5.73 Å². The maximum Gasteiger partial charge on any atom is 0.258 e. The minimum Gasteiger partial charge on any atom is -0.399 e. The summed E-state index contributed by atoms with van der Waals surface area (Å²) in [7, 11) is 0. The Labute approximate surface area is 127 Å². The van der Waals surface area contributed by atoms with Crippen LogP contribution in [0.5, 0.6) is 0 Å². The summed E-state index contributed by atoms with van der Waals surface area (Å²) in [4.78, 5) is 14.4. The number of carbonyl (C=O) groups excluding carboxylic acids is 1. The van der Waals surface area contributed by atoms with Crippen molar-refractivity contribution in [3.8, 4) is 0 Å². The highest BCUT2D eigenvalue weighted by atomic mass is 79.9. The van der Waals surface area contributed by atoms with Crippen LogP contribution in [0.15, 0.2) is 53.0 Å². The summed E-state index contributed by atoms with van der Waals surface area (Å²) in [6.45, 7) is 2.73. The number of halogens is 1. The minimum atomic E-state index is -0.00192. The summed E-state index contributed by atoms with van der Waals surface area (Å²) in [5, 5.41) is 0. The number of anilines is 2. The van der Waals surface area contributed by atoms with Gasteiger partial charge in [0, 0.05) is 28.0 Å². The van der Waals surface area contributed by atoms with E-state index in [0.29, 0.717) is 17.8 Å². The van der Waals surface area contributed by atoms with Gasteiger partial charge in [-0.25, -0.2) is 0 Å². The van der Waals surface area contributed by atoms with E-state index in [1.54, 1.807) is 4.90 Å². The predicted octanol–water partition coefficient (Wildman–Crippen LogP) is 4.09. The average Bonchev–Trinajstić information content (AvgIpc) is 2.45. The van der Waals surface area contributed by atoms with Crippen molar-refractivity contribution < 1.29 is 4.79 Å². The lowest BCUT2D eigenvalue weighted by atomic mass is 10.1. The molecule has 0 atom stereocenters. The van der Waals surface area contributed by atoms with Gasteiger partial charge in [-0.1, -0.05) is 28.9 Å². The van der Waals surface area contributed by atoms with Crippen LogP contribution in [0, 0.1) is 0 Å². The van der Waals surface area contributed by atoms with Crippen LogP contribution in [0.1, 0.15) is 23.7 Å². The first-order valence-corrected chi connectivity index (χ1v) is 7.34. The molecule has 1 amide bonds. The fraction of sp³-hybridized carbons (Fsp3) is 0.188. The minimum absolute atomic E-state index is 0.00192. The molecule has 0 unspecified atom stereocenters. The van der Waals surface area contributed by atoms with Crippen molar-refractivity contribution in [2.45, 2.75) is 13.3 Å². The number of rotatable bonds is 4. The molecule has 3 nitrogen and oxygen atoms in total. The van der Waals surface area contributed by atoms with Crippen molar-refractivity contribution in [1.82, 2.24) is 0 Å². The number of hydrogen-bond acceptors (Lipinski definition) is 2. The highest BCUT2D eigenvalue weighted by molar-refractivity contribution is 9.10. The third kappa shape index (κ3) is 3.39. The molecule has 0 aliphatic rings. The summed E-state index contributed by atoms with van der Waals surface area (Å²) in [5.74, 6) is -0.00192. The molecule has 4 heteroatoms. The maximum atomic E-state index is 12.6. The molecule has 0 saturated carbocycles. The lowest BCUT2D eigenvalue weighted by Crippen LogP contribution is -2.31. The van der Waals surface area contributed by atoms with E-state index in [1.165, 1.54) is 0 Å². The highest BCUT2D eigenvalue weighted by Crippen LogP contribution is 2.21. The molecular weight excluding hydrogens is 316 g/mol. The molecule has 2 aromatic rings. The van der Waals surface area contributed by atoms with Gasteiger partial charge in [-0.3, -0.25) is 4.79 Å². The number of nitrogens with zero attached hydrogens (tertiary/aromatic N) is 1. The molecule has 0 bridgehead atoms. The van der Waals surface area contributed by atoms with Crippen LogP contribution >= 0.6 is 15.9 Å². The first-order chi connectivity index (χ1) is 9.61. The van der Waals surface area contributed by atoms with Crippen molar-refractivity contribution >= 4 is 33.2 Å². The third-order valence-electron chi connectivity index (χ3n) is 2.97. The van der Waals surface area contributed by atoms with Gasteiger partial charge < -0.3 is 10.6 Å². The lowest BCUT2D eigenvalue weighted by Gasteiger charge is -2.22. The van der Waals surface area contributed by atoms with Crippen LogP contribution in [0.4, 0.5) is 11.4 Å². The zero-order chi connectivity index (χ0) is 14.5. The fourth-order valence-corrected chi connectivity index (χ4v) is 2.40. The van der Waals surface area contributed by atoms with Crippen LogP contribution in [-0.4, -0.2) is 12.5 Å². The molecular formula is C16H17BrN2O. The molecule has 2 N–H and O–H groups in total. The standard InChI is InChI=1S/C16H17BrN2O/c1-2-10-19(15-8-6-14(18)7-9-15)16(20)12-4-3-5-13(17)11-12/h3-9,11H,2,10,18H2,1H3. The van der Waals surface area contributed by atoms with Crippen LogP contribution in [-0.2, 0) is 0 Å². The molecule has 20 heavy (non-hydrogen) atoms. The van der Waals surface area contributed by atoms with Crippen LogP contribution in [0.3, 0.4) is 0 Å². The number of nitrogens with two attached hydrogens (primary N) is 1. The Balaban J connectivity index is 2.33. The Morgan fingerprint density at radius 1 is 1.20 bits per heavy atom. The average molecular weight is 333 g/mol. The molecule has 0 spiro atoms. The monoisotopic (exact) mass is 332 g/mol. The van der Waals surface area contributed by atoms with Gasteiger partial charge in [0.1, 0.15) is 0 Å². The first kappa shape index (κ1) is 14.6. The molecule has 0 fully saturated rings. The molecule has 0 aliphatic carbocycles. The Hall–Kier alpha value is -1.81. The summed E-state index contributed by atoms with van der Waals surface area (Å²) < 4.78 is 0.900. The van der Waals surface area contributed by atoms with Crippen LogP contribution in [0.2, 0.25) is 0 Å². The molecule has 0 aromatic heterocycles. The smallest absolute Gasteiger partial charge is 0.258 e. The van der Waals surface area contributed by atoms with Crippen LogP contribution in [0.25, 0.3) is 0 Å². The molecule has 2 rings (SSSR count). The number of hydrogen-bond donors (Lipinski definition) is 1. The Morgan fingerprint density at radius 3 is 2.50 bits per heavy atom. The topological polar surface area (TPSA) is 46.3 Å². The van der Waals surface area contributed by atoms with Crippen molar-refractivity contribution in [3.63, 3.8) is 0 Å². The first-order valence-electron chi connectivity index (χ1n) is 6.55. The van der Waals surface area contributed by atoms with Crippen molar-refractivity contribution in [3.05, 3.63) is 58.6 Å². The second-order valence-electron chi connectivity index (χ2n) is 4.56. The van der Waals surface area contributed by atoms with Gasteiger partial charge in [0.15, 0.2) is 0 Å². The molecule has 0 radical (unpaired) electrons. The molecule has 2 aromatic carbocycles. The second-order valence-corrected chi connectivity index (χ2v) is 5.47. The highest BCUT2D eigenvalue weighted by Gasteiger charge is 2.16. The quantitative estimate of drug-likeness (QED) is 0.857. The number of nitrogen functional groups attached to an aromatic ring is 1. The van der Waals surface area contributed by atoms with E-state index in [0.717, 1.165) is 16.6 Å². The largest absolute Gasteiger partial charge is 0.399 e. The van der Waals surface area contributed by atoms with E-state index in [1.807, 2.05) is 48.5 Å². The van der Waals surface area contributed by atoms with Crippen molar-refractivity contribution in [1.29, 1.82) is 0 Å². The summed E-state index contributed by atoms with van der Waals surface area (Å²) in [5.41, 5.74) is 7.93. The molecule has 0 saturated heterocycles. The van der Waals surface area contributed by atoms with Gasteiger partial charge in [-0.05, 0) is 48.9 Å². The molecule has 104 valence electrons. The lowest BCUT2D eigenvalue weighted by molar-refractivity contribution is 0.0987. The van der Waals surface area contributed by atoms with Gasteiger partial charge in [-0.15, -0.1) is 0 Å². The number of amides is 1. The summed E-state index contributed by atoms with van der Waals surface area (Å²) in [6, 6.07) is 14.8. The van der Waals surface area contributed by atoms with Gasteiger partial charge in [0.25, 0.3) is 5.91 Å². The Kier molecular flexibility index (Phi) is 4.79. The summed E-state index contributed by atoms with van der Waals surface area (Å²) in [6.07, 6.45) is 0.893. The van der Waals surface area contributed by atoms with E-state index in [9.17, 15) is 4.79 Å². The van der Waals surface area contributed by atoms with Crippen molar-refractivity contribution in [2.75, 3.05) is 17.2 Å². The Bertz CT molecular complexity index is 596. The molecule has 0 heterocycles. The number of carbonyl (C=O) groups is 1. The van der Waals surface area contributed by atoms with Gasteiger partial charge in [0.2, 0.25) is 0 Å². The fourth-order valence-electron chi connectivity index (χ4n) is 2.00. The zero-order valence-corrected chi connectivity index (χ0v) is 12.9. The normalized spacial score (nSPS) is 10.3. The van der Waals surface area contributed by atoms with E-state index < -0.39 is 0 Å². The van der Waals surface area contributed by atoms with Gasteiger partial charge >= 0.3 is 0 Å². The summed E-state index contributed by atoms with van der Waals surface area (Å²) >= 11 is 3.40. The number of benzene rings is 2. The van der Waals surface area contributed by atoms with E-state index in [-0.39, 0.29) is 5.91 Å². The molecule has 0 aliphatic heterocycles. The van der Waals surface area contributed by atoms with E-state index >= 15 is 0 Å². The maximum absolute atomic E-state index is 12.6. The van der Waals surface area contributed by atoms with E-state index in [2.05, 4.69) is 22.9 Å². The Morgan fingerprint density at radius 2 is 1.90 bits per heavy atom. The zero-order valence-electron chi connectivity index (χ0n) is 11.3. The second kappa shape index (κ2) is 6.57.